The molecule has 0 fully saturated rings. The van der Waals surface area contributed by atoms with E-state index < -0.39 is 0 Å². The Bertz CT molecular complexity index is 2490. The van der Waals surface area contributed by atoms with E-state index in [9.17, 15) is 4.39 Å². The first-order valence-electron chi connectivity index (χ1n) is 15.6. The molecular formula is C40H31FN6. The topological polar surface area (TPSA) is 60.4 Å². The van der Waals surface area contributed by atoms with Crippen LogP contribution in [0.3, 0.4) is 0 Å². The molecule has 228 valence electrons. The number of pyridine rings is 4. The quantitative estimate of drug-likeness (QED) is 0.194. The molecule has 8 rings (SSSR count). The lowest BCUT2D eigenvalue weighted by Gasteiger charge is -2.15. The molecule has 6 aromatic heterocycles. The van der Waals surface area contributed by atoms with E-state index in [-0.39, 0.29) is 5.82 Å². The van der Waals surface area contributed by atoms with Gasteiger partial charge in [-0.05, 0) is 105 Å². The fourth-order valence-corrected chi connectivity index (χ4v) is 6.41. The van der Waals surface area contributed by atoms with Crippen molar-refractivity contribution in [3.8, 4) is 55.9 Å². The summed E-state index contributed by atoms with van der Waals surface area (Å²) in [6, 6.07) is 26.1. The number of hydrogen-bond acceptors (Lipinski definition) is 4. The Balaban J connectivity index is 1.23. The van der Waals surface area contributed by atoms with Gasteiger partial charge in [-0.3, -0.25) is 9.97 Å². The fraction of sp³-hybridized carbons (Fsp3) is 0.100. The van der Waals surface area contributed by atoms with Gasteiger partial charge in [-0.25, -0.2) is 14.4 Å². The molecule has 7 heteroatoms. The summed E-state index contributed by atoms with van der Waals surface area (Å²) in [7, 11) is 0. The molecule has 8 aromatic rings. The van der Waals surface area contributed by atoms with Crippen molar-refractivity contribution in [3.63, 3.8) is 0 Å². The van der Waals surface area contributed by atoms with Crippen LogP contribution in [-0.2, 0) is 0 Å². The first-order valence-corrected chi connectivity index (χ1v) is 15.6. The molecule has 0 aliphatic rings. The molecule has 0 atom stereocenters. The summed E-state index contributed by atoms with van der Waals surface area (Å²) in [4.78, 5) is 19.0. The number of fused-ring (bicyclic) bond motifs is 2. The molecule has 0 radical (unpaired) electrons. The van der Waals surface area contributed by atoms with E-state index in [1.165, 1.54) is 6.07 Å². The summed E-state index contributed by atoms with van der Waals surface area (Å²) < 4.78 is 18.3. The smallest absolute Gasteiger partial charge is 0.136 e. The van der Waals surface area contributed by atoms with Crippen molar-refractivity contribution in [1.29, 1.82) is 0 Å². The zero-order valence-electron chi connectivity index (χ0n) is 26.5. The van der Waals surface area contributed by atoms with Gasteiger partial charge in [0.15, 0.2) is 0 Å². The van der Waals surface area contributed by atoms with Crippen LogP contribution in [0, 0.1) is 33.5 Å². The Kier molecular flexibility index (Phi) is 6.76. The maximum Gasteiger partial charge on any atom is 0.136 e. The lowest BCUT2D eigenvalue weighted by Crippen LogP contribution is -1.96. The molecule has 2 aromatic carbocycles. The molecule has 6 heterocycles. The minimum Gasteiger partial charge on any atom is -0.306 e. The lowest BCUT2D eigenvalue weighted by atomic mass is 9.92. The highest BCUT2D eigenvalue weighted by Gasteiger charge is 2.16. The van der Waals surface area contributed by atoms with E-state index in [0.29, 0.717) is 5.56 Å². The highest BCUT2D eigenvalue weighted by molar-refractivity contribution is 5.87. The van der Waals surface area contributed by atoms with Gasteiger partial charge in [0.25, 0.3) is 0 Å². The highest BCUT2D eigenvalue weighted by atomic mass is 19.1. The van der Waals surface area contributed by atoms with Gasteiger partial charge in [0.05, 0.1) is 22.8 Å². The Morgan fingerprint density at radius 3 is 1.77 bits per heavy atom. The third kappa shape index (κ3) is 5.16. The largest absolute Gasteiger partial charge is 0.306 e. The number of rotatable bonds is 5. The van der Waals surface area contributed by atoms with Crippen molar-refractivity contribution in [3.05, 3.63) is 144 Å². The summed E-state index contributed by atoms with van der Waals surface area (Å²) >= 11 is 0. The SMILES string of the molecule is Cc1cn2cc(-c3cccnc3-c3ccc(-c4cnc(-c5ccc(F)c(C)c5)c(-c5ccc6nc(C)cn6c5)c4)c(C)c3)ccc2n1. The molecular weight excluding hydrogens is 583 g/mol. The van der Waals surface area contributed by atoms with Gasteiger partial charge >= 0.3 is 0 Å². The van der Waals surface area contributed by atoms with Gasteiger partial charge < -0.3 is 8.80 Å². The predicted molar refractivity (Wildman–Crippen MR) is 186 cm³/mol. The van der Waals surface area contributed by atoms with Crippen LogP contribution in [0.15, 0.2) is 116 Å². The maximum atomic E-state index is 14.2. The molecule has 0 aliphatic carbocycles. The third-order valence-corrected chi connectivity index (χ3v) is 8.70. The Labute approximate surface area is 271 Å². The van der Waals surface area contributed by atoms with Gasteiger partial charge in [0, 0.05) is 76.1 Å². The molecule has 6 nitrogen and oxygen atoms in total. The van der Waals surface area contributed by atoms with Crippen molar-refractivity contribution in [2.45, 2.75) is 27.7 Å². The van der Waals surface area contributed by atoms with Gasteiger partial charge in [-0.1, -0.05) is 18.2 Å². The summed E-state index contributed by atoms with van der Waals surface area (Å²) in [5.41, 5.74) is 15.2. The number of halogens is 1. The van der Waals surface area contributed by atoms with E-state index >= 15 is 0 Å². The average molecular weight is 615 g/mol. The molecule has 47 heavy (non-hydrogen) atoms. The van der Waals surface area contributed by atoms with E-state index in [1.807, 2.05) is 67.3 Å². The summed E-state index contributed by atoms with van der Waals surface area (Å²) in [6.45, 7) is 7.89. The molecule has 0 spiro atoms. The lowest BCUT2D eigenvalue weighted by molar-refractivity contribution is 0.619. The van der Waals surface area contributed by atoms with Crippen molar-refractivity contribution in [2.75, 3.05) is 0 Å². The molecule has 0 saturated heterocycles. The second-order valence-electron chi connectivity index (χ2n) is 12.1. The summed E-state index contributed by atoms with van der Waals surface area (Å²) in [6.07, 6.45) is 12.0. The van der Waals surface area contributed by atoms with E-state index in [1.54, 1.807) is 13.0 Å². The first kappa shape index (κ1) is 28.5. The van der Waals surface area contributed by atoms with Crippen LogP contribution in [0.1, 0.15) is 22.5 Å². The predicted octanol–water partition coefficient (Wildman–Crippen LogP) is 9.48. The van der Waals surface area contributed by atoms with Crippen LogP contribution in [0.5, 0.6) is 0 Å². The molecule has 0 N–H and O–H groups in total. The number of aryl methyl sites for hydroxylation is 4. The zero-order chi connectivity index (χ0) is 32.2. The average Bonchev–Trinajstić information content (AvgIpc) is 3.65. The van der Waals surface area contributed by atoms with Crippen molar-refractivity contribution >= 4 is 11.3 Å². The highest BCUT2D eigenvalue weighted by Crippen LogP contribution is 2.37. The number of nitrogens with zero attached hydrogens (tertiary/aromatic N) is 6. The van der Waals surface area contributed by atoms with Gasteiger partial charge in [0.2, 0.25) is 0 Å². The van der Waals surface area contributed by atoms with E-state index in [4.69, 9.17) is 9.97 Å². The Hall–Kier alpha value is -5.95. The van der Waals surface area contributed by atoms with Gasteiger partial charge in [0.1, 0.15) is 17.1 Å². The molecule has 0 unspecified atom stereocenters. The minimum atomic E-state index is -0.230. The summed E-state index contributed by atoms with van der Waals surface area (Å²) in [5.74, 6) is -0.230. The number of hydrogen-bond donors (Lipinski definition) is 0. The third-order valence-electron chi connectivity index (χ3n) is 8.70. The van der Waals surface area contributed by atoms with Crippen LogP contribution < -0.4 is 0 Å². The second kappa shape index (κ2) is 11.1. The molecule has 0 bridgehead atoms. The normalized spacial score (nSPS) is 11.5. The monoisotopic (exact) mass is 614 g/mol. The van der Waals surface area contributed by atoms with Crippen LogP contribution in [0.2, 0.25) is 0 Å². The number of imidazole rings is 2. The first-order chi connectivity index (χ1) is 22.8. The van der Waals surface area contributed by atoms with Gasteiger partial charge in [-0.2, -0.15) is 0 Å². The Morgan fingerprint density at radius 2 is 1.11 bits per heavy atom. The summed E-state index contributed by atoms with van der Waals surface area (Å²) in [5, 5.41) is 0. The van der Waals surface area contributed by atoms with Crippen LogP contribution in [-0.4, -0.2) is 28.7 Å². The number of benzene rings is 2. The van der Waals surface area contributed by atoms with Crippen molar-refractivity contribution in [2.24, 2.45) is 0 Å². The van der Waals surface area contributed by atoms with E-state index in [0.717, 1.165) is 84.1 Å². The van der Waals surface area contributed by atoms with Crippen molar-refractivity contribution in [1.82, 2.24) is 28.7 Å². The van der Waals surface area contributed by atoms with Gasteiger partial charge in [-0.15, -0.1) is 0 Å². The Morgan fingerprint density at radius 1 is 0.511 bits per heavy atom. The number of aromatic nitrogens is 6. The van der Waals surface area contributed by atoms with Crippen LogP contribution in [0.4, 0.5) is 4.39 Å². The minimum absolute atomic E-state index is 0.230. The molecule has 0 saturated carbocycles. The zero-order valence-corrected chi connectivity index (χ0v) is 26.5. The van der Waals surface area contributed by atoms with E-state index in [2.05, 4.69) is 76.2 Å². The van der Waals surface area contributed by atoms with Crippen molar-refractivity contribution < 1.29 is 4.39 Å². The van der Waals surface area contributed by atoms with Crippen LogP contribution in [0.25, 0.3) is 67.2 Å². The molecule has 0 amide bonds. The van der Waals surface area contributed by atoms with Crippen LogP contribution >= 0.6 is 0 Å². The molecule has 0 aliphatic heterocycles. The standard InChI is InChI=1S/C40H31FN6/c1-24-16-28(39-34(6-5-15-42-39)30-9-13-37-44-26(3)20-46(37)22-30)7-11-33(24)32-18-35(31-10-14-38-45-27(4)21-47(38)23-31)40(43-19-32)29-8-12-36(41)25(2)17-29/h5-23H,1-4H3. The fourth-order valence-electron chi connectivity index (χ4n) is 6.41. The maximum absolute atomic E-state index is 14.2. The second-order valence-corrected chi connectivity index (χ2v) is 12.1.